The van der Waals surface area contributed by atoms with Crippen LogP contribution in [-0.2, 0) is 14.3 Å². The van der Waals surface area contributed by atoms with Crippen molar-refractivity contribution in [1.82, 2.24) is 9.97 Å². The number of hydrogen-bond acceptors (Lipinski definition) is 5. The highest BCUT2D eigenvalue weighted by atomic mass is 16.5. The smallest absolute Gasteiger partial charge is 0.324 e. The van der Waals surface area contributed by atoms with Crippen molar-refractivity contribution < 1.29 is 14.3 Å². The zero-order chi connectivity index (χ0) is 10.4. The number of carbonyl (C=O) groups excluding carboxylic acids is 2. The van der Waals surface area contributed by atoms with Crippen LogP contribution in [0.3, 0.4) is 0 Å². The van der Waals surface area contributed by atoms with Gasteiger partial charge in [-0.1, -0.05) is 0 Å². The molecule has 0 aliphatic rings. The van der Waals surface area contributed by atoms with Crippen molar-refractivity contribution in [3.05, 3.63) is 24.3 Å². The van der Waals surface area contributed by atoms with E-state index in [0.717, 1.165) is 0 Å². The van der Waals surface area contributed by atoms with E-state index in [-0.39, 0.29) is 12.4 Å². The maximum Gasteiger partial charge on any atom is 0.324 e. The number of ether oxygens (including phenoxy) is 1. The summed E-state index contributed by atoms with van der Waals surface area (Å²) < 4.78 is 4.70. The van der Waals surface area contributed by atoms with Crippen LogP contribution in [0.2, 0.25) is 0 Å². The van der Waals surface area contributed by atoms with Crippen molar-refractivity contribution in [3.63, 3.8) is 0 Å². The topological polar surface area (TPSA) is 69.2 Å². The minimum Gasteiger partial charge on any atom is -0.465 e. The summed E-state index contributed by atoms with van der Waals surface area (Å²) in [5.41, 5.74) is 0. The summed E-state index contributed by atoms with van der Waals surface area (Å²) in [6.07, 6.45) is 3.42. The average Bonchev–Trinajstić information content (AvgIpc) is 2.21. The molecule has 0 radical (unpaired) electrons. The van der Waals surface area contributed by atoms with E-state index in [1.165, 1.54) is 12.4 Å². The summed E-state index contributed by atoms with van der Waals surface area (Å²) in [5, 5.41) is 0. The van der Waals surface area contributed by atoms with E-state index in [9.17, 15) is 9.59 Å². The highest BCUT2D eigenvalue weighted by Crippen LogP contribution is 2.08. The van der Waals surface area contributed by atoms with Crippen LogP contribution >= 0.6 is 0 Å². The van der Waals surface area contributed by atoms with Crippen LogP contribution in [0.5, 0.6) is 0 Å². The fourth-order valence-electron chi connectivity index (χ4n) is 0.925. The molecule has 1 aromatic rings. The van der Waals surface area contributed by atoms with E-state index in [1.54, 1.807) is 13.0 Å². The van der Waals surface area contributed by atoms with E-state index < -0.39 is 11.9 Å². The first kappa shape index (κ1) is 10.3. The number of aromatic nitrogens is 2. The normalized spacial score (nSPS) is 11.8. The minimum absolute atomic E-state index is 0.168. The molecule has 1 rings (SSSR count). The third kappa shape index (κ3) is 2.35. The Morgan fingerprint density at radius 2 is 2.21 bits per heavy atom. The molecule has 1 heterocycles. The van der Waals surface area contributed by atoms with Crippen LogP contribution in [0.25, 0.3) is 0 Å². The maximum absolute atomic E-state index is 11.2. The summed E-state index contributed by atoms with van der Waals surface area (Å²) >= 11 is 0. The van der Waals surface area contributed by atoms with E-state index in [2.05, 4.69) is 9.97 Å². The van der Waals surface area contributed by atoms with Gasteiger partial charge in [0, 0.05) is 12.4 Å². The third-order valence-corrected chi connectivity index (χ3v) is 1.54. The predicted octanol–water partition coefficient (Wildman–Crippen LogP) is 0.322. The Kier molecular flexibility index (Phi) is 3.72. The third-order valence-electron chi connectivity index (χ3n) is 1.54. The molecule has 0 bridgehead atoms. The summed E-state index contributed by atoms with van der Waals surface area (Å²) in [4.78, 5) is 29.5. The quantitative estimate of drug-likeness (QED) is 0.392. The Labute approximate surface area is 81.1 Å². The van der Waals surface area contributed by atoms with Gasteiger partial charge in [0.05, 0.1) is 6.61 Å². The summed E-state index contributed by atoms with van der Waals surface area (Å²) in [7, 11) is 0. The van der Waals surface area contributed by atoms with Crippen LogP contribution in [0, 0.1) is 0 Å². The molecule has 0 aliphatic carbocycles. The number of carbonyl (C=O) groups is 2. The number of rotatable bonds is 4. The molecule has 0 fully saturated rings. The fourth-order valence-corrected chi connectivity index (χ4v) is 0.925. The first-order valence-corrected chi connectivity index (χ1v) is 4.18. The Bertz CT molecular complexity index is 313. The van der Waals surface area contributed by atoms with Gasteiger partial charge in [-0.3, -0.25) is 4.79 Å². The van der Waals surface area contributed by atoms with E-state index in [4.69, 9.17) is 4.74 Å². The van der Waals surface area contributed by atoms with E-state index in [0.29, 0.717) is 6.29 Å². The van der Waals surface area contributed by atoms with Gasteiger partial charge in [-0.15, -0.1) is 0 Å². The molecule has 14 heavy (non-hydrogen) atoms. The van der Waals surface area contributed by atoms with Crippen molar-refractivity contribution in [2.75, 3.05) is 6.61 Å². The highest BCUT2D eigenvalue weighted by Gasteiger charge is 2.23. The first-order valence-electron chi connectivity index (χ1n) is 4.18. The molecule has 74 valence electrons. The molecule has 5 nitrogen and oxygen atoms in total. The van der Waals surface area contributed by atoms with Crippen molar-refractivity contribution in [3.8, 4) is 0 Å². The first-order chi connectivity index (χ1) is 6.79. The molecule has 0 aliphatic heterocycles. The molecule has 5 heteroatoms. The van der Waals surface area contributed by atoms with Gasteiger partial charge in [0.1, 0.15) is 12.1 Å². The maximum atomic E-state index is 11.2. The standard InChI is InChI=1S/C9H10N2O3/c1-2-14-9(13)7(6-12)8-10-4-3-5-11-8/h3-7H,2H2,1H3. The SMILES string of the molecule is CCOC(=O)C(C=O)c1ncccn1. The van der Waals surface area contributed by atoms with Gasteiger partial charge in [0.2, 0.25) is 0 Å². The van der Waals surface area contributed by atoms with Crippen LogP contribution in [0.15, 0.2) is 18.5 Å². The lowest BCUT2D eigenvalue weighted by atomic mass is 10.1. The Morgan fingerprint density at radius 1 is 1.57 bits per heavy atom. The van der Waals surface area contributed by atoms with Crippen LogP contribution in [0.4, 0.5) is 0 Å². The Balaban J connectivity index is 2.82. The van der Waals surface area contributed by atoms with E-state index >= 15 is 0 Å². The molecular weight excluding hydrogens is 184 g/mol. The predicted molar refractivity (Wildman–Crippen MR) is 47.5 cm³/mol. The van der Waals surface area contributed by atoms with Gasteiger partial charge in [-0.05, 0) is 13.0 Å². The molecular formula is C9H10N2O3. The zero-order valence-electron chi connectivity index (χ0n) is 7.71. The van der Waals surface area contributed by atoms with Gasteiger partial charge in [-0.25, -0.2) is 9.97 Å². The number of nitrogens with zero attached hydrogens (tertiary/aromatic N) is 2. The largest absolute Gasteiger partial charge is 0.465 e. The molecule has 1 unspecified atom stereocenters. The van der Waals surface area contributed by atoms with Gasteiger partial charge in [-0.2, -0.15) is 0 Å². The summed E-state index contributed by atoms with van der Waals surface area (Å²) in [6, 6.07) is 1.61. The van der Waals surface area contributed by atoms with Crippen LogP contribution < -0.4 is 0 Å². The van der Waals surface area contributed by atoms with Crippen LogP contribution in [0.1, 0.15) is 18.7 Å². The van der Waals surface area contributed by atoms with Crippen LogP contribution in [-0.4, -0.2) is 28.8 Å². The molecule has 0 amide bonds. The fraction of sp³-hybridized carbons (Fsp3) is 0.333. The molecule has 0 aromatic carbocycles. The monoisotopic (exact) mass is 194 g/mol. The Hall–Kier alpha value is -1.78. The van der Waals surface area contributed by atoms with Gasteiger partial charge in [0.15, 0.2) is 5.92 Å². The van der Waals surface area contributed by atoms with Crippen molar-refractivity contribution in [2.45, 2.75) is 12.8 Å². The van der Waals surface area contributed by atoms with Gasteiger partial charge < -0.3 is 9.53 Å². The molecule has 1 atom stereocenters. The van der Waals surface area contributed by atoms with Crippen molar-refractivity contribution >= 4 is 12.3 Å². The zero-order valence-corrected chi connectivity index (χ0v) is 7.71. The lowest BCUT2D eigenvalue weighted by Crippen LogP contribution is -2.19. The molecule has 0 N–H and O–H groups in total. The van der Waals surface area contributed by atoms with Crippen molar-refractivity contribution in [2.24, 2.45) is 0 Å². The second kappa shape index (κ2) is 5.06. The lowest BCUT2D eigenvalue weighted by molar-refractivity contribution is -0.146. The number of aldehydes is 1. The number of esters is 1. The molecule has 1 aromatic heterocycles. The van der Waals surface area contributed by atoms with E-state index in [1.807, 2.05) is 0 Å². The number of hydrogen-bond donors (Lipinski definition) is 0. The molecule has 0 saturated carbocycles. The Morgan fingerprint density at radius 3 is 2.71 bits per heavy atom. The highest BCUT2D eigenvalue weighted by molar-refractivity contribution is 5.93. The average molecular weight is 194 g/mol. The van der Waals surface area contributed by atoms with Gasteiger partial charge >= 0.3 is 5.97 Å². The van der Waals surface area contributed by atoms with Crippen molar-refractivity contribution in [1.29, 1.82) is 0 Å². The lowest BCUT2D eigenvalue weighted by Gasteiger charge is -2.06. The minimum atomic E-state index is -1.02. The summed E-state index contributed by atoms with van der Waals surface area (Å²) in [6.45, 7) is 1.90. The summed E-state index contributed by atoms with van der Waals surface area (Å²) in [5.74, 6) is -1.47. The molecule has 0 spiro atoms. The second-order valence-electron chi connectivity index (χ2n) is 2.47. The van der Waals surface area contributed by atoms with Gasteiger partial charge in [0.25, 0.3) is 0 Å². The second-order valence-corrected chi connectivity index (χ2v) is 2.47. The molecule has 0 saturated heterocycles.